The van der Waals surface area contributed by atoms with Crippen LogP contribution in [0.2, 0.25) is 0 Å². The lowest BCUT2D eigenvalue weighted by Gasteiger charge is -2.19. The normalized spacial score (nSPS) is 12.2. The third-order valence-electron chi connectivity index (χ3n) is 5.63. The second kappa shape index (κ2) is 7.64. The number of hydrogen-bond acceptors (Lipinski definition) is 3. The summed E-state index contributed by atoms with van der Waals surface area (Å²) in [5.74, 6) is -1.05. The van der Waals surface area contributed by atoms with Gasteiger partial charge >= 0.3 is 5.97 Å². The van der Waals surface area contributed by atoms with E-state index < -0.39 is 15.8 Å². The first kappa shape index (κ1) is 21.8. The van der Waals surface area contributed by atoms with Crippen LogP contribution in [0.5, 0.6) is 0 Å². The van der Waals surface area contributed by atoms with E-state index in [0.29, 0.717) is 5.69 Å². The summed E-state index contributed by atoms with van der Waals surface area (Å²) in [6, 6.07) is 22.2. The molecule has 0 amide bonds. The second-order valence-electron chi connectivity index (χ2n) is 9.04. The van der Waals surface area contributed by atoms with Crippen LogP contribution in [0.15, 0.2) is 77.7 Å². The van der Waals surface area contributed by atoms with E-state index in [2.05, 4.69) is 45.0 Å². The first-order valence-corrected chi connectivity index (χ1v) is 12.1. The summed E-state index contributed by atoms with van der Waals surface area (Å²) in [6.07, 6.45) is 1.14. The summed E-state index contributed by atoms with van der Waals surface area (Å²) in [5, 5.41) is 10.6. The van der Waals surface area contributed by atoms with E-state index >= 15 is 0 Å². The molecule has 5 nitrogen and oxygen atoms in total. The summed E-state index contributed by atoms with van der Waals surface area (Å²) in [4.78, 5) is 12.2. The zero-order valence-electron chi connectivity index (χ0n) is 18.5. The summed E-state index contributed by atoms with van der Waals surface area (Å²) >= 11 is 0. The molecule has 1 N–H and O–H groups in total. The number of carboxylic acid groups (broad SMARTS) is 1. The van der Waals surface area contributed by atoms with Crippen LogP contribution in [-0.2, 0) is 15.3 Å². The molecule has 0 spiro atoms. The minimum Gasteiger partial charge on any atom is -0.477 e. The highest BCUT2D eigenvalue weighted by Crippen LogP contribution is 2.31. The van der Waals surface area contributed by atoms with Crippen molar-refractivity contribution in [1.82, 2.24) is 4.57 Å². The molecule has 32 heavy (non-hydrogen) atoms. The lowest BCUT2D eigenvalue weighted by atomic mass is 9.86. The van der Waals surface area contributed by atoms with Crippen LogP contribution in [0.1, 0.15) is 36.8 Å². The van der Waals surface area contributed by atoms with Gasteiger partial charge in [-0.1, -0.05) is 51.1 Å². The standard InChI is InChI=1S/C26H25NO4S/c1-26(2,3)20-8-5-17(6-9-20)18-7-14-23-19(15-18)16-24(25(28)29)27(23)21-10-12-22(13-11-21)32(4,30)31/h5-16H,1-4H3,(H,28,29). The highest BCUT2D eigenvalue weighted by Gasteiger charge is 2.18. The number of sulfone groups is 1. The van der Waals surface area contributed by atoms with Crippen LogP contribution < -0.4 is 0 Å². The lowest BCUT2D eigenvalue weighted by Crippen LogP contribution is -2.10. The van der Waals surface area contributed by atoms with E-state index in [0.717, 1.165) is 28.3 Å². The zero-order valence-corrected chi connectivity index (χ0v) is 19.3. The Morgan fingerprint density at radius 1 is 0.844 bits per heavy atom. The van der Waals surface area contributed by atoms with Crippen molar-refractivity contribution >= 4 is 26.7 Å². The zero-order chi connectivity index (χ0) is 23.3. The van der Waals surface area contributed by atoms with Crippen LogP contribution in [0.25, 0.3) is 27.7 Å². The summed E-state index contributed by atoms with van der Waals surface area (Å²) in [6.45, 7) is 6.52. The topological polar surface area (TPSA) is 76.4 Å². The van der Waals surface area contributed by atoms with Crippen LogP contribution in [-0.4, -0.2) is 30.3 Å². The van der Waals surface area contributed by atoms with E-state index in [-0.39, 0.29) is 16.0 Å². The molecule has 1 aromatic heterocycles. The molecule has 164 valence electrons. The smallest absolute Gasteiger partial charge is 0.352 e. The third kappa shape index (κ3) is 4.06. The Bertz CT molecular complexity index is 1420. The van der Waals surface area contributed by atoms with Gasteiger partial charge in [0.2, 0.25) is 0 Å². The molecule has 0 aliphatic rings. The molecular formula is C26H25NO4S. The Morgan fingerprint density at radius 3 is 1.97 bits per heavy atom. The molecule has 0 aliphatic heterocycles. The predicted octanol–water partition coefficient (Wildman–Crippen LogP) is 5.70. The van der Waals surface area contributed by atoms with Gasteiger partial charge in [-0.3, -0.25) is 0 Å². The van der Waals surface area contributed by atoms with Gasteiger partial charge in [-0.2, -0.15) is 0 Å². The lowest BCUT2D eigenvalue weighted by molar-refractivity contribution is 0.0688. The first-order chi connectivity index (χ1) is 14.9. The Hall–Kier alpha value is -3.38. The Morgan fingerprint density at radius 2 is 1.44 bits per heavy atom. The number of aromatic nitrogens is 1. The van der Waals surface area contributed by atoms with Crippen LogP contribution >= 0.6 is 0 Å². The largest absolute Gasteiger partial charge is 0.477 e. The fraction of sp³-hybridized carbons (Fsp3) is 0.192. The Labute approximate surface area is 187 Å². The summed E-state index contributed by atoms with van der Waals surface area (Å²) < 4.78 is 25.2. The molecule has 0 saturated carbocycles. The van der Waals surface area contributed by atoms with E-state index in [1.54, 1.807) is 22.8 Å². The first-order valence-electron chi connectivity index (χ1n) is 10.3. The fourth-order valence-electron chi connectivity index (χ4n) is 3.84. The molecule has 0 bridgehead atoms. The average molecular weight is 448 g/mol. The minimum atomic E-state index is -3.33. The van der Waals surface area contributed by atoms with Gasteiger partial charge in [-0.15, -0.1) is 0 Å². The number of fused-ring (bicyclic) bond motifs is 1. The van der Waals surface area contributed by atoms with Crippen molar-refractivity contribution in [3.8, 4) is 16.8 Å². The average Bonchev–Trinajstić information content (AvgIpc) is 3.12. The summed E-state index contributed by atoms with van der Waals surface area (Å²) in [5.41, 5.74) is 4.83. The second-order valence-corrected chi connectivity index (χ2v) is 11.1. The van der Waals surface area contributed by atoms with Crippen molar-refractivity contribution in [3.05, 3.63) is 84.1 Å². The molecule has 4 rings (SSSR count). The van der Waals surface area contributed by atoms with Gasteiger partial charge in [0.1, 0.15) is 5.69 Å². The maximum absolute atomic E-state index is 12.0. The molecule has 3 aromatic carbocycles. The highest BCUT2D eigenvalue weighted by atomic mass is 32.2. The van der Waals surface area contributed by atoms with Crippen molar-refractivity contribution in [2.45, 2.75) is 31.1 Å². The van der Waals surface area contributed by atoms with Crippen molar-refractivity contribution < 1.29 is 18.3 Å². The van der Waals surface area contributed by atoms with Crippen molar-refractivity contribution in [2.75, 3.05) is 6.26 Å². The van der Waals surface area contributed by atoms with Crippen molar-refractivity contribution in [3.63, 3.8) is 0 Å². The molecule has 4 aromatic rings. The molecule has 0 aliphatic carbocycles. The van der Waals surface area contributed by atoms with Gasteiger partial charge < -0.3 is 9.67 Å². The number of carbonyl (C=O) groups is 1. The summed E-state index contributed by atoms with van der Waals surface area (Å²) in [7, 11) is -3.33. The number of benzene rings is 3. The molecule has 1 heterocycles. The quantitative estimate of drug-likeness (QED) is 0.436. The number of aromatic carboxylic acids is 1. The van der Waals surface area contributed by atoms with E-state index in [4.69, 9.17) is 0 Å². The third-order valence-corrected chi connectivity index (χ3v) is 6.76. The number of hydrogen-bond donors (Lipinski definition) is 1. The van der Waals surface area contributed by atoms with Crippen molar-refractivity contribution in [2.24, 2.45) is 0 Å². The molecule has 0 radical (unpaired) electrons. The molecule has 0 atom stereocenters. The van der Waals surface area contributed by atoms with Crippen LogP contribution in [0.4, 0.5) is 0 Å². The van der Waals surface area contributed by atoms with E-state index in [1.807, 2.05) is 18.2 Å². The van der Waals surface area contributed by atoms with Gasteiger partial charge in [0.15, 0.2) is 9.84 Å². The maximum atomic E-state index is 12.0. The maximum Gasteiger partial charge on any atom is 0.352 e. The van der Waals surface area contributed by atoms with Crippen LogP contribution in [0.3, 0.4) is 0 Å². The minimum absolute atomic E-state index is 0.0722. The number of rotatable bonds is 4. The molecule has 0 fully saturated rings. The van der Waals surface area contributed by atoms with Gasteiger partial charge in [0, 0.05) is 17.3 Å². The molecule has 0 saturated heterocycles. The van der Waals surface area contributed by atoms with Crippen molar-refractivity contribution in [1.29, 1.82) is 0 Å². The van der Waals surface area contributed by atoms with E-state index in [1.165, 1.54) is 17.7 Å². The number of carboxylic acids is 1. The van der Waals surface area contributed by atoms with Gasteiger partial charge in [-0.25, -0.2) is 13.2 Å². The van der Waals surface area contributed by atoms with Gasteiger partial charge in [0.25, 0.3) is 0 Å². The molecule has 0 unspecified atom stereocenters. The fourth-order valence-corrected chi connectivity index (χ4v) is 4.47. The number of nitrogens with zero attached hydrogens (tertiary/aromatic N) is 1. The Balaban J connectivity index is 1.82. The van der Waals surface area contributed by atoms with Crippen LogP contribution in [0, 0.1) is 0 Å². The monoisotopic (exact) mass is 447 g/mol. The Kier molecular flexibility index (Phi) is 5.21. The predicted molar refractivity (Wildman–Crippen MR) is 127 cm³/mol. The molecule has 6 heteroatoms. The SMILES string of the molecule is CC(C)(C)c1ccc(-c2ccc3c(c2)cc(C(=O)O)n3-c2ccc(S(C)(=O)=O)cc2)cc1. The van der Waals surface area contributed by atoms with Gasteiger partial charge in [-0.05, 0) is 64.6 Å². The van der Waals surface area contributed by atoms with Gasteiger partial charge in [0.05, 0.1) is 10.4 Å². The molecular weight excluding hydrogens is 422 g/mol. The highest BCUT2D eigenvalue weighted by molar-refractivity contribution is 7.90. The van der Waals surface area contributed by atoms with E-state index in [9.17, 15) is 18.3 Å².